The third-order valence-electron chi connectivity index (χ3n) is 2.86. The maximum Gasteiger partial charge on any atom is 0.139 e. The van der Waals surface area contributed by atoms with E-state index in [-0.39, 0.29) is 0 Å². The van der Waals surface area contributed by atoms with E-state index in [1.54, 1.807) is 21.8 Å². The Morgan fingerprint density at radius 1 is 1.33 bits per heavy atom. The van der Waals surface area contributed by atoms with Crippen LogP contribution in [0.25, 0.3) is 0 Å². The molecule has 98 valence electrons. The number of nitrogens with zero attached hydrogens (tertiary/aromatic N) is 4. The second kappa shape index (κ2) is 5.54. The Hall–Kier alpha value is -1.33. The summed E-state index contributed by atoms with van der Waals surface area (Å²) in [6.07, 6.45) is 3.41. The first-order valence-corrected chi connectivity index (χ1v) is 6.47. The second-order valence-electron chi connectivity index (χ2n) is 4.08. The Bertz CT molecular complexity index is 520. The first-order chi connectivity index (χ1) is 8.69. The maximum absolute atomic E-state index is 10.5. The van der Waals surface area contributed by atoms with Crippen LogP contribution in [0.15, 0.2) is 18.5 Å². The van der Waals surface area contributed by atoms with Gasteiger partial charge in [-0.15, -0.1) is 0 Å². The highest BCUT2D eigenvalue weighted by Crippen LogP contribution is 2.28. The molecule has 2 rings (SSSR count). The van der Waals surface area contributed by atoms with Crippen molar-refractivity contribution in [3.63, 3.8) is 0 Å². The zero-order chi connectivity index (χ0) is 13.1. The molecule has 2 aromatic rings. The molecule has 5 nitrogen and oxygen atoms in total. The lowest BCUT2D eigenvalue weighted by atomic mass is 10.2. The van der Waals surface area contributed by atoms with E-state index >= 15 is 0 Å². The summed E-state index contributed by atoms with van der Waals surface area (Å²) in [7, 11) is 0. The number of halogens is 1. The number of aliphatic hydroxyl groups excluding tert-OH is 1. The van der Waals surface area contributed by atoms with Crippen LogP contribution in [-0.4, -0.2) is 24.7 Å². The topological polar surface area (TPSA) is 55.9 Å². The highest BCUT2D eigenvalue weighted by molar-refractivity contribution is 6.31. The molecule has 6 heteroatoms. The van der Waals surface area contributed by atoms with Crippen LogP contribution in [-0.2, 0) is 13.1 Å². The van der Waals surface area contributed by atoms with E-state index in [1.165, 1.54) is 0 Å². The molecule has 0 saturated heterocycles. The molecule has 0 amide bonds. The third kappa shape index (κ3) is 2.28. The van der Waals surface area contributed by atoms with Crippen molar-refractivity contribution in [3.05, 3.63) is 34.9 Å². The Morgan fingerprint density at radius 3 is 2.78 bits per heavy atom. The van der Waals surface area contributed by atoms with Crippen molar-refractivity contribution in [1.29, 1.82) is 0 Å². The first kappa shape index (κ1) is 13.1. The van der Waals surface area contributed by atoms with Crippen LogP contribution in [0.3, 0.4) is 0 Å². The normalized spacial score (nSPS) is 12.9. The average molecular weight is 269 g/mol. The summed E-state index contributed by atoms with van der Waals surface area (Å²) >= 11 is 6.09. The van der Waals surface area contributed by atoms with Crippen LogP contribution in [0.2, 0.25) is 5.02 Å². The molecule has 0 spiro atoms. The molecular formula is C12H17ClN4O. The van der Waals surface area contributed by atoms with Crippen molar-refractivity contribution in [2.45, 2.75) is 39.5 Å². The molecule has 0 aliphatic rings. The molecule has 0 aliphatic carbocycles. The van der Waals surface area contributed by atoms with Crippen molar-refractivity contribution in [2.75, 3.05) is 0 Å². The van der Waals surface area contributed by atoms with Gasteiger partial charge < -0.3 is 5.11 Å². The Kier molecular flexibility index (Phi) is 4.04. The summed E-state index contributed by atoms with van der Waals surface area (Å²) in [6.45, 7) is 5.47. The number of aliphatic hydroxyl groups is 1. The number of aryl methyl sites for hydroxylation is 2. The van der Waals surface area contributed by atoms with E-state index < -0.39 is 6.10 Å². The fourth-order valence-electron chi connectivity index (χ4n) is 2.01. The number of aromatic nitrogens is 4. The Labute approximate surface area is 111 Å². The average Bonchev–Trinajstić information content (AvgIpc) is 2.95. The van der Waals surface area contributed by atoms with Gasteiger partial charge in [0.15, 0.2) is 0 Å². The number of hydrogen-bond acceptors (Lipinski definition) is 3. The summed E-state index contributed by atoms with van der Waals surface area (Å²) in [6, 6.07) is 1.81. The zero-order valence-electron chi connectivity index (χ0n) is 10.5. The van der Waals surface area contributed by atoms with E-state index in [0.29, 0.717) is 17.3 Å². The molecule has 2 heterocycles. The summed E-state index contributed by atoms with van der Waals surface area (Å²) in [5.41, 5.74) is 1.37. The molecule has 0 radical (unpaired) electrons. The lowest BCUT2D eigenvalue weighted by molar-refractivity contribution is 0.196. The second-order valence-corrected chi connectivity index (χ2v) is 4.48. The van der Waals surface area contributed by atoms with Crippen LogP contribution in [0.1, 0.15) is 37.8 Å². The van der Waals surface area contributed by atoms with Gasteiger partial charge in [-0.25, -0.2) is 0 Å². The van der Waals surface area contributed by atoms with E-state index in [2.05, 4.69) is 17.1 Å². The van der Waals surface area contributed by atoms with Crippen LogP contribution in [0.5, 0.6) is 0 Å². The molecule has 1 N–H and O–H groups in total. The van der Waals surface area contributed by atoms with Gasteiger partial charge in [-0.1, -0.05) is 18.5 Å². The predicted octanol–water partition coefficient (Wildman–Crippen LogP) is 2.24. The predicted molar refractivity (Wildman–Crippen MR) is 69.5 cm³/mol. The Balaban J connectivity index is 2.38. The van der Waals surface area contributed by atoms with Crippen molar-refractivity contribution in [2.24, 2.45) is 0 Å². The molecule has 0 bridgehead atoms. The molecule has 2 aromatic heterocycles. The van der Waals surface area contributed by atoms with Gasteiger partial charge in [-0.3, -0.25) is 9.36 Å². The molecule has 1 atom stereocenters. The molecule has 1 unspecified atom stereocenters. The fourth-order valence-corrected chi connectivity index (χ4v) is 2.25. The lowest BCUT2D eigenvalue weighted by Crippen LogP contribution is -2.14. The molecule has 0 fully saturated rings. The Morgan fingerprint density at radius 2 is 2.11 bits per heavy atom. The minimum absolute atomic E-state index is 0.480. The summed E-state index contributed by atoms with van der Waals surface area (Å²) in [5.74, 6) is 0. The molecule has 0 saturated carbocycles. The van der Waals surface area contributed by atoms with E-state index in [1.807, 2.05) is 13.0 Å². The highest BCUT2D eigenvalue weighted by atomic mass is 35.5. The van der Waals surface area contributed by atoms with Crippen LogP contribution < -0.4 is 0 Å². The fraction of sp³-hybridized carbons (Fsp3) is 0.500. The van der Waals surface area contributed by atoms with Crippen molar-refractivity contribution in [1.82, 2.24) is 19.6 Å². The smallest absolute Gasteiger partial charge is 0.139 e. The van der Waals surface area contributed by atoms with Gasteiger partial charge in [0.1, 0.15) is 6.10 Å². The molecule has 0 aliphatic heterocycles. The van der Waals surface area contributed by atoms with Crippen molar-refractivity contribution < 1.29 is 5.11 Å². The molecule has 0 aromatic carbocycles. The first-order valence-electron chi connectivity index (χ1n) is 6.10. The molecule has 18 heavy (non-hydrogen) atoms. The minimum atomic E-state index is -0.797. The summed E-state index contributed by atoms with van der Waals surface area (Å²) < 4.78 is 3.50. The summed E-state index contributed by atoms with van der Waals surface area (Å²) in [4.78, 5) is 0. The van der Waals surface area contributed by atoms with Crippen LogP contribution in [0.4, 0.5) is 0 Å². The van der Waals surface area contributed by atoms with Crippen molar-refractivity contribution >= 4 is 11.6 Å². The minimum Gasteiger partial charge on any atom is -0.380 e. The zero-order valence-corrected chi connectivity index (χ0v) is 11.3. The van der Waals surface area contributed by atoms with Gasteiger partial charge in [-0.05, 0) is 19.4 Å². The van der Waals surface area contributed by atoms with Crippen molar-refractivity contribution in [3.8, 4) is 0 Å². The van der Waals surface area contributed by atoms with Gasteiger partial charge in [0, 0.05) is 19.3 Å². The quantitative estimate of drug-likeness (QED) is 0.905. The van der Waals surface area contributed by atoms with Gasteiger partial charge in [-0.2, -0.15) is 10.2 Å². The SMILES string of the molecule is CCCn1nccc1C(O)c1c(Cl)cnn1CC. The third-order valence-corrected chi connectivity index (χ3v) is 3.15. The number of hydrogen-bond donors (Lipinski definition) is 1. The van der Waals surface area contributed by atoms with E-state index in [0.717, 1.165) is 18.7 Å². The van der Waals surface area contributed by atoms with Gasteiger partial charge in [0.25, 0.3) is 0 Å². The monoisotopic (exact) mass is 268 g/mol. The highest BCUT2D eigenvalue weighted by Gasteiger charge is 2.22. The van der Waals surface area contributed by atoms with Gasteiger partial charge >= 0.3 is 0 Å². The summed E-state index contributed by atoms with van der Waals surface area (Å²) in [5, 5.41) is 19.3. The standard InChI is InChI=1S/C12H17ClN4O/c1-3-7-17-10(5-6-14-17)12(18)11-9(13)8-15-16(11)4-2/h5-6,8,12,18H,3-4,7H2,1-2H3. The largest absolute Gasteiger partial charge is 0.380 e. The van der Waals surface area contributed by atoms with Gasteiger partial charge in [0.2, 0.25) is 0 Å². The lowest BCUT2D eigenvalue weighted by Gasteiger charge is -2.15. The van der Waals surface area contributed by atoms with Crippen LogP contribution in [0, 0.1) is 0 Å². The van der Waals surface area contributed by atoms with E-state index in [4.69, 9.17) is 11.6 Å². The maximum atomic E-state index is 10.5. The number of rotatable bonds is 5. The van der Waals surface area contributed by atoms with Gasteiger partial charge in [0.05, 0.1) is 22.6 Å². The van der Waals surface area contributed by atoms with Crippen LogP contribution >= 0.6 is 11.6 Å². The van der Waals surface area contributed by atoms with E-state index in [9.17, 15) is 5.11 Å². The molecular weight excluding hydrogens is 252 g/mol.